The first kappa shape index (κ1) is 19.7. The zero-order valence-corrected chi connectivity index (χ0v) is 17.4. The summed E-state index contributed by atoms with van der Waals surface area (Å²) >= 11 is 0. The van der Waals surface area contributed by atoms with Crippen LogP contribution in [-0.2, 0) is 10.0 Å². The molecule has 0 bridgehead atoms. The lowest BCUT2D eigenvalue weighted by atomic mass is 9.89. The molecule has 1 aromatic heterocycles. The first-order chi connectivity index (χ1) is 13.9. The summed E-state index contributed by atoms with van der Waals surface area (Å²) in [4.78, 5) is 17.4. The van der Waals surface area contributed by atoms with Crippen molar-refractivity contribution in [1.82, 2.24) is 9.29 Å². The number of benzene rings is 2. The number of ketones is 1. The fourth-order valence-corrected chi connectivity index (χ4v) is 5.62. The molecule has 1 aliphatic rings. The predicted molar refractivity (Wildman–Crippen MR) is 113 cm³/mol. The van der Waals surface area contributed by atoms with E-state index in [2.05, 4.69) is 4.98 Å². The topological polar surface area (TPSA) is 67.3 Å². The van der Waals surface area contributed by atoms with E-state index < -0.39 is 10.0 Å². The van der Waals surface area contributed by atoms with Crippen molar-refractivity contribution in [3.63, 3.8) is 0 Å². The summed E-state index contributed by atoms with van der Waals surface area (Å²) in [5, 5.41) is 0.644. The number of piperidine rings is 1. The van der Waals surface area contributed by atoms with Crippen molar-refractivity contribution >= 4 is 26.7 Å². The van der Waals surface area contributed by atoms with Crippen molar-refractivity contribution in [2.75, 3.05) is 13.1 Å². The number of aromatic nitrogens is 1. The van der Waals surface area contributed by atoms with Gasteiger partial charge in [0.1, 0.15) is 0 Å². The summed E-state index contributed by atoms with van der Waals surface area (Å²) in [5.74, 6) is -0.0346. The second kappa shape index (κ2) is 7.69. The molecule has 5 nitrogen and oxygen atoms in total. The normalized spacial score (nSPS) is 16.2. The van der Waals surface area contributed by atoms with Gasteiger partial charge in [0.15, 0.2) is 5.78 Å². The third kappa shape index (κ3) is 3.70. The number of Topliss-reactive ketones (excluding diaryl/α,β-unsaturated/α-hetero) is 1. The molecule has 3 aromatic rings. The molecule has 0 aliphatic carbocycles. The molecule has 0 radical (unpaired) electrons. The second-order valence-electron chi connectivity index (χ2n) is 7.69. The van der Waals surface area contributed by atoms with Gasteiger partial charge in [-0.3, -0.25) is 9.78 Å². The van der Waals surface area contributed by atoms with Crippen LogP contribution in [0, 0.1) is 19.8 Å². The van der Waals surface area contributed by atoms with Crippen LogP contribution in [0.5, 0.6) is 0 Å². The van der Waals surface area contributed by atoms with Gasteiger partial charge in [-0.2, -0.15) is 4.31 Å². The molecule has 0 saturated carbocycles. The molecular formula is C23H24N2O3S. The van der Waals surface area contributed by atoms with Gasteiger partial charge in [-0.1, -0.05) is 35.9 Å². The Labute approximate surface area is 171 Å². The molecule has 29 heavy (non-hydrogen) atoms. The average molecular weight is 409 g/mol. The minimum absolute atomic E-state index is 0.104. The van der Waals surface area contributed by atoms with Crippen LogP contribution in [0.3, 0.4) is 0 Å². The molecule has 2 heterocycles. The van der Waals surface area contributed by atoms with Crippen LogP contribution in [0.15, 0.2) is 59.6 Å². The van der Waals surface area contributed by atoms with E-state index in [0.29, 0.717) is 42.4 Å². The van der Waals surface area contributed by atoms with Gasteiger partial charge < -0.3 is 0 Å². The Hall–Kier alpha value is -2.57. The third-order valence-electron chi connectivity index (χ3n) is 5.71. The first-order valence-corrected chi connectivity index (χ1v) is 11.3. The molecule has 150 valence electrons. The Morgan fingerprint density at radius 2 is 1.69 bits per heavy atom. The molecule has 0 spiro atoms. The maximum Gasteiger partial charge on any atom is 0.243 e. The standard InChI is InChI=1S/C23H24N2O3S/c1-16-5-8-18(9-6-16)23(26)19-11-14-25(15-12-19)29(27,28)21-10-7-17(2)22-20(21)4-3-13-24-22/h3-10,13,19H,11-12,14-15H2,1-2H3. The summed E-state index contributed by atoms with van der Waals surface area (Å²) in [7, 11) is -3.64. The molecule has 1 fully saturated rings. The fourth-order valence-electron chi connectivity index (χ4n) is 3.96. The van der Waals surface area contributed by atoms with E-state index in [9.17, 15) is 13.2 Å². The maximum atomic E-state index is 13.3. The maximum absolute atomic E-state index is 13.3. The zero-order chi connectivity index (χ0) is 20.6. The molecule has 1 aliphatic heterocycles. The number of sulfonamides is 1. The highest BCUT2D eigenvalue weighted by Gasteiger charge is 2.33. The van der Waals surface area contributed by atoms with Crippen LogP contribution in [0.2, 0.25) is 0 Å². The molecule has 1 saturated heterocycles. The number of pyridine rings is 1. The van der Waals surface area contributed by atoms with Gasteiger partial charge >= 0.3 is 0 Å². The van der Waals surface area contributed by atoms with Gasteiger partial charge in [0.25, 0.3) is 0 Å². The van der Waals surface area contributed by atoms with Crippen LogP contribution < -0.4 is 0 Å². The van der Waals surface area contributed by atoms with Crippen LogP contribution in [-0.4, -0.2) is 36.6 Å². The van der Waals surface area contributed by atoms with E-state index in [-0.39, 0.29) is 16.6 Å². The molecule has 0 amide bonds. The van der Waals surface area contributed by atoms with Gasteiger partial charge in [-0.05, 0) is 50.5 Å². The number of hydrogen-bond acceptors (Lipinski definition) is 4. The van der Waals surface area contributed by atoms with Crippen molar-refractivity contribution in [1.29, 1.82) is 0 Å². The van der Waals surface area contributed by atoms with Crippen molar-refractivity contribution < 1.29 is 13.2 Å². The zero-order valence-electron chi connectivity index (χ0n) is 16.6. The van der Waals surface area contributed by atoms with Gasteiger partial charge in [-0.25, -0.2) is 8.42 Å². The van der Waals surface area contributed by atoms with Gasteiger partial charge in [-0.15, -0.1) is 0 Å². The Morgan fingerprint density at radius 1 is 1.00 bits per heavy atom. The molecule has 6 heteroatoms. The van der Waals surface area contributed by atoms with Crippen molar-refractivity contribution in [3.8, 4) is 0 Å². The highest BCUT2D eigenvalue weighted by Crippen LogP contribution is 2.30. The predicted octanol–water partition coefficient (Wildman–Crippen LogP) is 4.14. The SMILES string of the molecule is Cc1ccc(C(=O)C2CCN(S(=O)(=O)c3ccc(C)c4ncccc34)CC2)cc1. The Balaban J connectivity index is 1.55. The number of carbonyl (C=O) groups excluding carboxylic acids is 1. The third-order valence-corrected chi connectivity index (χ3v) is 7.67. The number of rotatable bonds is 4. The highest BCUT2D eigenvalue weighted by atomic mass is 32.2. The molecule has 2 aromatic carbocycles. The lowest BCUT2D eigenvalue weighted by molar-refractivity contribution is 0.0875. The van der Waals surface area contributed by atoms with Crippen LogP contribution >= 0.6 is 0 Å². The minimum atomic E-state index is -3.64. The van der Waals surface area contributed by atoms with Crippen LogP contribution in [0.1, 0.15) is 34.3 Å². The van der Waals surface area contributed by atoms with E-state index in [4.69, 9.17) is 0 Å². The first-order valence-electron chi connectivity index (χ1n) is 9.83. The number of aryl methyl sites for hydroxylation is 2. The average Bonchev–Trinajstić information content (AvgIpc) is 2.74. The Morgan fingerprint density at radius 3 is 2.38 bits per heavy atom. The second-order valence-corrected chi connectivity index (χ2v) is 9.60. The summed E-state index contributed by atoms with van der Waals surface area (Å²) in [5.41, 5.74) is 3.47. The Bertz CT molecular complexity index is 1160. The number of hydrogen-bond donors (Lipinski definition) is 0. The lowest BCUT2D eigenvalue weighted by Crippen LogP contribution is -2.40. The largest absolute Gasteiger partial charge is 0.294 e. The minimum Gasteiger partial charge on any atom is -0.294 e. The van der Waals surface area contributed by atoms with Crippen LogP contribution in [0.25, 0.3) is 10.9 Å². The van der Waals surface area contributed by atoms with E-state index in [1.807, 2.05) is 38.1 Å². The van der Waals surface area contributed by atoms with Gasteiger partial charge in [0.05, 0.1) is 10.4 Å². The number of carbonyl (C=O) groups is 1. The fraction of sp³-hybridized carbons (Fsp3) is 0.304. The van der Waals surface area contributed by atoms with E-state index in [1.165, 1.54) is 4.31 Å². The monoisotopic (exact) mass is 408 g/mol. The summed E-state index contributed by atoms with van der Waals surface area (Å²) in [6, 6.07) is 14.6. The molecule has 0 atom stereocenters. The summed E-state index contributed by atoms with van der Waals surface area (Å²) in [6.45, 7) is 4.61. The van der Waals surface area contributed by atoms with Crippen molar-refractivity contribution in [3.05, 3.63) is 71.4 Å². The van der Waals surface area contributed by atoms with Crippen LogP contribution in [0.4, 0.5) is 0 Å². The molecular weight excluding hydrogens is 384 g/mol. The number of nitrogens with zero attached hydrogens (tertiary/aromatic N) is 2. The van der Waals surface area contributed by atoms with E-state index in [1.54, 1.807) is 30.5 Å². The molecule has 4 rings (SSSR count). The van der Waals surface area contributed by atoms with Gasteiger partial charge in [0, 0.05) is 36.2 Å². The van der Waals surface area contributed by atoms with Gasteiger partial charge in [0.2, 0.25) is 10.0 Å². The lowest BCUT2D eigenvalue weighted by Gasteiger charge is -2.31. The smallest absolute Gasteiger partial charge is 0.243 e. The summed E-state index contributed by atoms with van der Waals surface area (Å²) in [6.07, 6.45) is 2.75. The molecule has 0 N–H and O–H groups in total. The van der Waals surface area contributed by atoms with Crippen molar-refractivity contribution in [2.24, 2.45) is 5.92 Å². The number of fused-ring (bicyclic) bond motifs is 1. The van der Waals surface area contributed by atoms with E-state index in [0.717, 1.165) is 11.1 Å². The summed E-state index contributed by atoms with van der Waals surface area (Å²) < 4.78 is 28.1. The molecule has 0 unspecified atom stereocenters. The van der Waals surface area contributed by atoms with E-state index >= 15 is 0 Å². The quantitative estimate of drug-likeness (QED) is 0.609. The van der Waals surface area contributed by atoms with Crippen molar-refractivity contribution in [2.45, 2.75) is 31.6 Å². The highest BCUT2D eigenvalue weighted by molar-refractivity contribution is 7.89. The Kier molecular flexibility index (Phi) is 5.23.